The van der Waals surface area contributed by atoms with Crippen molar-refractivity contribution in [3.05, 3.63) is 35.4 Å². The van der Waals surface area contributed by atoms with Crippen LogP contribution >= 0.6 is 0 Å². The van der Waals surface area contributed by atoms with Crippen molar-refractivity contribution in [3.63, 3.8) is 0 Å². The Morgan fingerprint density at radius 1 is 1.19 bits per heavy atom. The standard InChI is InChI=1S/C19H32N2/c1-4-12-20-19(16(3)5-2)15-21-13-8-11-17-9-6-7-10-18(17)14-21/h6-7,9-10,16,19-20H,4-5,8,11-15H2,1-3H3. The van der Waals surface area contributed by atoms with Crippen LogP contribution in [0.25, 0.3) is 0 Å². The molecule has 0 aromatic heterocycles. The van der Waals surface area contributed by atoms with E-state index in [0.717, 1.165) is 19.0 Å². The third-order valence-electron chi connectivity index (χ3n) is 4.88. The smallest absolute Gasteiger partial charge is 0.0237 e. The lowest BCUT2D eigenvalue weighted by Gasteiger charge is -2.31. The van der Waals surface area contributed by atoms with Crippen LogP contribution in [0.2, 0.25) is 0 Å². The molecule has 2 heteroatoms. The van der Waals surface area contributed by atoms with E-state index in [1.54, 1.807) is 5.56 Å². The molecule has 0 spiro atoms. The van der Waals surface area contributed by atoms with E-state index in [9.17, 15) is 0 Å². The van der Waals surface area contributed by atoms with Gasteiger partial charge in [0.15, 0.2) is 0 Å². The maximum atomic E-state index is 3.77. The Balaban J connectivity index is 1.99. The molecule has 21 heavy (non-hydrogen) atoms. The molecule has 0 amide bonds. The number of nitrogens with zero attached hydrogens (tertiary/aromatic N) is 1. The van der Waals surface area contributed by atoms with E-state index >= 15 is 0 Å². The van der Waals surface area contributed by atoms with Crippen LogP contribution in [0.5, 0.6) is 0 Å². The molecule has 118 valence electrons. The normalized spacial score (nSPS) is 18.8. The number of nitrogens with one attached hydrogen (secondary N) is 1. The largest absolute Gasteiger partial charge is 0.312 e. The lowest BCUT2D eigenvalue weighted by Crippen LogP contribution is -2.45. The minimum absolute atomic E-state index is 0.625. The molecule has 2 unspecified atom stereocenters. The summed E-state index contributed by atoms with van der Waals surface area (Å²) >= 11 is 0. The third-order valence-corrected chi connectivity index (χ3v) is 4.88. The van der Waals surface area contributed by atoms with Gasteiger partial charge in [-0.25, -0.2) is 0 Å². The van der Waals surface area contributed by atoms with E-state index in [-0.39, 0.29) is 0 Å². The topological polar surface area (TPSA) is 15.3 Å². The van der Waals surface area contributed by atoms with E-state index in [1.165, 1.54) is 44.3 Å². The van der Waals surface area contributed by atoms with Gasteiger partial charge in [-0.3, -0.25) is 4.90 Å². The zero-order chi connectivity index (χ0) is 15.1. The Labute approximate surface area is 130 Å². The number of hydrogen-bond acceptors (Lipinski definition) is 2. The summed E-state index contributed by atoms with van der Waals surface area (Å²) in [5.41, 5.74) is 3.09. The maximum Gasteiger partial charge on any atom is 0.0237 e. The van der Waals surface area contributed by atoms with Gasteiger partial charge in [-0.1, -0.05) is 51.5 Å². The van der Waals surface area contributed by atoms with Crippen LogP contribution in [0, 0.1) is 5.92 Å². The van der Waals surface area contributed by atoms with Crippen LogP contribution in [0.15, 0.2) is 24.3 Å². The quantitative estimate of drug-likeness (QED) is 0.820. The van der Waals surface area contributed by atoms with Crippen molar-refractivity contribution in [2.24, 2.45) is 5.92 Å². The summed E-state index contributed by atoms with van der Waals surface area (Å²) in [6.45, 7) is 11.6. The molecule has 2 rings (SSSR count). The molecule has 0 aliphatic carbocycles. The second kappa shape index (κ2) is 8.55. The monoisotopic (exact) mass is 288 g/mol. The van der Waals surface area contributed by atoms with E-state index in [4.69, 9.17) is 0 Å². The predicted molar refractivity (Wildman–Crippen MR) is 91.6 cm³/mol. The highest BCUT2D eigenvalue weighted by atomic mass is 15.1. The predicted octanol–water partition coefficient (Wildman–Crippen LogP) is 3.85. The van der Waals surface area contributed by atoms with Crippen LogP contribution in [-0.2, 0) is 13.0 Å². The Hall–Kier alpha value is -0.860. The van der Waals surface area contributed by atoms with Crippen LogP contribution in [0.1, 0.15) is 51.2 Å². The summed E-state index contributed by atoms with van der Waals surface area (Å²) in [6, 6.07) is 9.61. The summed E-state index contributed by atoms with van der Waals surface area (Å²) in [5.74, 6) is 0.745. The number of rotatable bonds is 7. The fourth-order valence-corrected chi connectivity index (χ4v) is 3.26. The third kappa shape index (κ3) is 4.82. The fourth-order valence-electron chi connectivity index (χ4n) is 3.26. The first-order valence-electron chi connectivity index (χ1n) is 8.77. The molecule has 0 fully saturated rings. The lowest BCUT2D eigenvalue weighted by molar-refractivity contribution is 0.206. The number of hydrogen-bond donors (Lipinski definition) is 1. The van der Waals surface area contributed by atoms with Crippen molar-refractivity contribution in [1.82, 2.24) is 10.2 Å². The molecule has 2 atom stereocenters. The summed E-state index contributed by atoms with van der Waals surface area (Å²) in [5, 5.41) is 3.77. The SMILES string of the molecule is CCCNC(CN1CCCc2ccccc2C1)C(C)CC. The maximum absolute atomic E-state index is 3.77. The molecule has 0 radical (unpaired) electrons. The average molecular weight is 288 g/mol. The number of fused-ring (bicyclic) bond motifs is 1. The minimum atomic E-state index is 0.625. The minimum Gasteiger partial charge on any atom is -0.312 e. The molecular formula is C19H32N2. The average Bonchev–Trinajstić information content (AvgIpc) is 2.72. The van der Waals surface area contributed by atoms with Crippen molar-refractivity contribution >= 4 is 0 Å². The molecule has 1 aromatic rings. The Morgan fingerprint density at radius 2 is 1.95 bits per heavy atom. The highest BCUT2D eigenvalue weighted by Crippen LogP contribution is 2.20. The molecule has 1 N–H and O–H groups in total. The Morgan fingerprint density at radius 3 is 2.67 bits per heavy atom. The summed E-state index contributed by atoms with van der Waals surface area (Å²) in [7, 11) is 0. The van der Waals surface area contributed by atoms with Crippen LogP contribution in [0.3, 0.4) is 0 Å². The fraction of sp³-hybridized carbons (Fsp3) is 0.684. The molecule has 1 aliphatic rings. The van der Waals surface area contributed by atoms with E-state index < -0.39 is 0 Å². The van der Waals surface area contributed by atoms with Crippen molar-refractivity contribution in [3.8, 4) is 0 Å². The molecule has 1 aromatic carbocycles. The summed E-state index contributed by atoms with van der Waals surface area (Å²) in [4.78, 5) is 2.66. The van der Waals surface area contributed by atoms with Crippen LogP contribution in [-0.4, -0.2) is 30.6 Å². The molecule has 2 nitrogen and oxygen atoms in total. The van der Waals surface area contributed by atoms with Gasteiger partial charge in [-0.2, -0.15) is 0 Å². The molecule has 0 saturated carbocycles. The number of benzene rings is 1. The van der Waals surface area contributed by atoms with Gasteiger partial charge in [-0.05, 0) is 49.4 Å². The first-order valence-corrected chi connectivity index (χ1v) is 8.77. The van der Waals surface area contributed by atoms with E-state index in [1.807, 2.05) is 0 Å². The lowest BCUT2D eigenvalue weighted by atomic mass is 9.98. The van der Waals surface area contributed by atoms with Gasteiger partial charge < -0.3 is 5.32 Å². The highest BCUT2D eigenvalue weighted by molar-refractivity contribution is 5.28. The summed E-state index contributed by atoms with van der Waals surface area (Å²) < 4.78 is 0. The Kier molecular flexibility index (Phi) is 6.72. The van der Waals surface area contributed by atoms with Crippen molar-refractivity contribution in [2.75, 3.05) is 19.6 Å². The highest BCUT2D eigenvalue weighted by Gasteiger charge is 2.21. The van der Waals surface area contributed by atoms with Gasteiger partial charge in [0.25, 0.3) is 0 Å². The number of aryl methyl sites for hydroxylation is 1. The van der Waals surface area contributed by atoms with Gasteiger partial charge in [0.1, 0.15) is 0 Å². The first-order chi connectivity index (χ1) is 10.2. The molecule has 0 saturated heterocycles. The van der Waals surface area contributed by atoms with Crippen molar-refractivity contribution in [1.29, 1.82) is 0 Å². The van der Waals surface area contributed by atoms with E-state index in [0.29, 0.717) is 6.04 Å². The van der Waals surface area contributed by atoms with Gasteiger partial charge >= 0.3 is 0 Å². The van der Waals surface area contributed by atoms with Gasteiger partial charge in [0.05, 0.1) is 0 Å². The van der Waals surface area contributed by atoms with Crippen molar-refractivity contribution < 1.29 is 0 Å². The van der Waals surface area contributed by atoms with Gasteiger partial charge in [-0.15, -0.1) is 0 Å². The molecular weight excluding hydrogens is 256 g/mol. The van der Waals surface area contributed by atoms with Gasteiger partial charge in [0, 0.05) is 19.1 Å². The van der Waals surface area contributed by atoms with Crippen molar-refractivity contribution in [2.45, 2.75) is 59.0 Å². The molecule has 1 aliphatic heterocycles. The van der Waals surface area contributed by atoms with Crippen LogP contribution < -0.4 is 5.32 Å². The van der Waals surface area contributed by atoms with E-state index in [2.05, 4.69) is 55.3 Å². The molecule has 1 heterocycles. The first kappa shape index (κ1) is 16.5. The zero-order valence-corrected chi connectivity index (χ0v) is 14.1. The summed E-state index contributed by atoms with van der Waals surface area (Å²) in [6.07, 6.45) is 5.00. The Bertz CT molecular complexity index is 416. The van der Waals surface area contributed by atoms with Gasteiger partial charge in [0.2, 0.25) is 0 Å². The second-order valence-electron chi connectivity index (χ2n) is 6.55. The zero-order valence-electron chi connectivity index (χ0n) is 14.1. The second-order valence-corrected chi connectivity index (χ2v) is 6.55. The molecule has 0 bridgehead atoms. The van der Waals surface area contributed by atoms with Crippen LogP contribution in [0.4, 0.5) is 0 Å².